The first-order valence-electron chi connectivity index (χ1n) is 23.4. The van der Waals surface area contributed by atoms with Crippen LogP contribution in [0.5, 0.6) is 0 Å². The van der Waals surface area contributed by atoms with Crippen molar-refractivity contribution in [1.29, 1.82) is 0 Å². The summed E-state index contributed by atoms with van der Waals surface area (Å²) in [4.78, 5) is 9.67. The zero-order valence-corrected chi connectivity index (χ0v) is 40.9. The summed E-state index contributed by atoms with van der Waals surface area (Å²) < 4.78 is 27.5. The maximum absolute atomic E-state index is 7.64. The van der Waals surface area contributed by atoms with Gasteiger partial charge in [-0.2, -0.15) is 0 Å². The molecular weight excluding hydrogens is 973 g/mol. The van der Waals surface area contributed by atoms with Gasteiger partial charge in [-0.25, -0.2) is 0 Å². The van der Waals surface area contributed by atoms with E-state index in [1.807, 2.05) is 12.3 Å². The van der Waals surface area contributed by atoms with Crippen molar-refractivity contribution in [1.82, 2.24) is 19.1 Å². The number of pyridine rings is 1. The number of fused-ring (bicyclic) bond motifs is 4. The summed E-state index contributed by atoms with van der Waals surface area (Å²) in [6.45, 7) is 16.7. The molecule has 0 unspecified atom stereocenters. The van der Waals surface area contributed by atoms with Gasteiger partial charge in [0.2, 0.25) is 0 Å². The molecule has 0 saturated heterocycles. The van der Waals surface area contributed by atoms with Gasteiger partial charge in [0.05, 0.1) is 24.9 Å². The van der Waals surface area contributed by atoms with Gasteiger partial charge in [0, 0.05) is 46.8 Å². The Morgan fingerprint density at radius 2 is 1.31 bits per heavy atom. The summed E-state index contributed by atoms with van der Waals surface area (Å²) in [5, 5.41) is 3.68. The van der Waals surface area contributed by atoms with Crippen molar-refractivity contribution in [2.24, 2.45) is 0 Å². The van der Waals surface area contributed by atoms with Crippen molar-refractivity contribution in [3.8, 4) is 39.5 Å². The maximum Gasteiger partial charge on any atom is 0.0795 e. The van der Waals surface area contributed by atoms with Crippen LogP contribution in [-0.4, -0.2) is 27.2 Å². The van der Waals surface area contributed by atoms with E-state index in [2.05, 4.69) is 213 Å². The van der Waals surface area contributed by atoms with Crippen LogP contribution >= 0.6 is 0 Å². The van der Waals surface area contributed by atoms with Crippen molar-refractivity contribution >= 4 is 46.1 Å². The van der Waals surface area contributed by atoms with Crippen molar-refractivity contribution in [2.45, 2.75) is 65.7 Å². The Balaban J connectivity index is 0.000000256. The fourth-order valence-electron chi connectivity index (χ4n) is 8.66. The summed E-state index contributed by atoms with van der Waals surface area (Å²) in [6.07, 6.45) is 1.87. The van der Waals surface area contributed by atoms with Crippen LogP contribution in [0.4, 0.5) is 0 Å². The largest absolute Gasteiger partial charge is 0.360 e. The van der Waals surface area contributed by atoms with Gasteiger partial charge < -0.3 is 14.1 Å². The number of aromatic nitrogens is 4. The second kappa shape index (κ2) is 18.9. The number of para-hydroxylation sites is 3. The molecule has 10 rings (SSSR count). The Morgan fingerprint density at radius 3 is 1.98 bits per heavy atom. The van der Waals surface area contributed by atoms with Gasteiger partial charge >= 0.3 is 0 Å². The minimum Gasteiger partial charge on any atom is -0.360 e. The molecule has 0 aliphatic heterocycles. The number of rotatable bonds is 9. The molecule has 6 heteroatoms. The zero-order chi connectivity index (χ0) is 46.3. The molecule has 0 aliphatic carbocycles. The van der Waals surface area contributed by atoms with Crippen LogP contribution in [0.1, 0.15) is 60.3 Å². The van der Waals surface area contributed by atoms with E-state index in [0.29, 0.717) is 23.1 Å². The van der Waals surface area contributed by atoms with Gasteiger partial charge in [0.1, 0.15) is 0 Å². The molecule has 321 valence electrons. The fourth-order valence-corrected chi connectivity index (χ4v) is 9.69. The molecule has 0 N–H and O–H groups in total. The van der Waals surface area contributed by atoms with E-state index in [1.54, 1.807) is 0 Å². The van der Waals surface area contributed by atoms with E-state index < -0.39 is 8.07 Å². The second-order valence-electron chi connectivity index (χ2n) is 17.9. The summed E-state index contributed by atoms with van der Waals surface area (Å²) in [5.41, 5.74) is 14.5. The second-order valence-corrected chi connectivity index (χ2v) is 23.0. The standard InChI is InChI=1S/C44H38N3.C14H16NSi.Ir/c1-29(2)35-18-13-19-36(30(3)4)39(35)28-46-43-21-12-11-20-40(43)45-44(46)33-23-25-42-38(27-33)37-26-32(31-14-7-5-8-15-31)22-24-41(37)47(42)34-16-9-6-10-17-34;1-16(2,3)13-9-10-14(15-11-13)12-7-5-4-6-8-12;/h5-22,24-27,29-30H,28H2,1-4H3;4-7,9-11H,1-3H3;/q2*-1;/i;4D,5D,6D;. The predicted octanol–water partition coefficient (Wildman–Crippen LogP) is 14.7. The van der Waals surface area contributed by atoms with Crippen LogP contribution in [0, 0.1) is 12.1 Å². The van der Waals surface area contributed by atoms with Crippen LogP contribution < -0.4 is 5.19 Å². The molecule has 3 heterocycles. The van der Waals surface area contributed by atoms with Crippen molar-refractivity contribution < 1.29 is 24.2 Å². The van der Waals surface area contributed by atoms with E-state index in [1.165, 1.54) is 55.4 Å². The Morgan fingerprint density at radius 1 is 0.625 bits per heavy atom. The molecule has 10 aromatic rings. The fraction of sp³-hybridized carbons (Fsp3) is 0.172. The summed E-state index contributed by atoms with van der Waals surface area (Å²) in [5.74, 6) is 1.79. The Labute approximate surface area is 397 Å². The minimum absolute atomic E-state index is 0. The quantitative estimate of drug-likeness (QED) is 0.107. The average molecular weight is 1030 g/mol. The van der Waals surface area contributed by atoms with Gasteiger partial charge in [-0.1, -0.05) is 150 Å². The SMILES string of the molecule is CC(C)c1cccc(C(C)C)c1Cn1c(-c2[c-]cc3c(c2)c2cc(-c4ccccc4)ccc2n3-c2ccccc2)nc2ccccc21.[2H]c1[c-]c(-c2ccc([Si](C)(C)C)cn2)cc([2H])c1[2H].[Ir]. The molecule has 0 aliphatic rings. The Kier molecular flexibility index (Phi) is 12.0. The Bertz CT molecular complexity index is 3310. The normalized spacial score (nSPS) is 12.2. The average Bonchev–Trinajstić information content (AvgIpc) is 3.85. The molecule has 1 radical (unpaired) electrons. The third-order valence-corrected chi connectivity index (χ3v) is 14.0. The Hall–Kier alpha value is -6.17. The molecular formula is C58H54IrN4Si-2. The van der Waals surface area contributed by atoms with Gasteiger partial charge in [0.15, 0.2) is 0 Å². The molecule has 0 fully saturated rings. The minimum atomic E-state index is -1.36. The van der Waals surface area contributed by atoms with Gasteiger partial charge in [-0.05, 0) is 99.2 Å². The first-order chi connectivity index (χ1) is 31.8. The third-order valence-electron chi connectivity index (χ3n) is 12.0. The van der Waals surface area contributed by atoms with Crippen molar-refractivity contribution in [2.75, 3.05) is 0 Å². The predicted molar refractivity (Wildman–Crippen MR) is 269 cm³/mol. The maximum atomic E-state index is 7.64. The number of hydrogen-bond acceptors (Lipinski definition) is 2. The van der Waals surface area contributed by atoms with Crippen LogP contribution in [0.3, 0.4) is 0 Å². The number of hydrogen-bond donors (Lipinski definition) is 0. The number of benzene rings is 7. The zero-order valence-electron chi connectivity index (χ0n) is 40.5. The first kappa shape index (κ1) is 40.6. The number of nitrogens with zero attached hydrogens (tertiary/aromatic N) is 4. The monoisotopic (exact) mass is 1030 g/mol. The summed E-state index contributed by atoms with van der Waals surface area (Å²) >= 11 is 0. The van der Waals surface area contributed by atoms with E-state index in [0.717, 1.165) is 40.2 Å². The van der Waals surface area contributed by atoms with E-state index in [-0.39, 0.29) is 38.2 Å². The topological polar surface area (TPSA) is 35.6 Å². The number of imidazole rings is 1. The van der Waals surface area contributed by atoms with E-state index in [9.17, 15) is 0 Å². The summed E-state index contributed by atoms with van der Waals surface area (Å²) in [7, 11) is -1.36. The molecule has 7 aromatic carbocycles. The smallest absolute Gasteiger partial charge is 0.0795 e. The van der Waals surface area contributed by atoms with Gasteiger partial charge in [0.25, 0.3) is 0 Å². The molecule has 3 aromatic heterocycles. The third kappa shape index (κ3) is 8.96. The van der Waals surface area contributed by atoms with Crippen molar-refractivity contribution in [3.05, 3.63) is 205 Å². The van der Waals surface area contributed by atoms with Crippen LogP contribution in [0.15, 0.2) is 176 Å². The van der Waals surface area contributed by atoms with E-state index in [4.69, 9.17) is 9.10 Å². The van der Waals surface area contributed by atoms with Gasteiger partial charge in [-0.3, -0.25) is 4.98 Å². The molecule has 4 nitrogen and oxygen atoms in total. The molecule has 0 bridgehead atoms. The van der Waals surface area contributed by atoms with E-state index >= 15 is 0 Å². The molecule has 0 saturated carbocycles. The molecule has 0 atom stereocenters. The molecule has 0 spiro atoms. The first-order valence-corrected chi connectivity index (χ1v) is 25.4. The van der Waals surface area contributed by atoms with Crippen LogP contribution in [-0.2, 0) is 26.7 Å². The summed E-state index contributed by atoms with van der Waals surface area (Å²) in [6, 6.07) is 59.8. The molecule has 0 amide bonds. The van der Waals surface area contributed by atoms with Crippen molar-refractivity contribution in [3.63, 3.8) is 0 Å². The molecule has 64 heavy (non-hydrogen) atoms. The van der Waals surface area contributed by atoms with Crippen LogP contribution in [0.25, 0.3) is 72.3 Å². The van der Waals surface area contributed by atoms with Gasteiger partial charge in [-0.15, -0.1) is 59.6 Å². The van der Waals surface area contributed by atoms with Crippen LogP contribution in [0.2, 0.25) is 19.6 Å².